The third kappa shape index (κ3) is 4.36. The number of carboxylic acid groups (broad SMARTS) is 1. The Bertz CT molecular complexity index is 650. The van der Waals surface area contributed by atoms with E-state index in [-0.39, 0.29) is 0 Å². The summed E-state index contributed by atoms with van der Waals surface area (Å²) in [6.07, 6.45) is -1.49. The van der Waals surface area contributed by atoms with Crippen molar-refractivity contribution in [3.63, 3.8) is 0 Å². The molecule has 24 heavy (non-hydrogen) atoms. The third-order valence-corrected chi connectivity index (χ3v) is 4.05. The van der Waals surface area contributed by atoms with Gasteiger partial charge < -0.3 is 10.2 Å². The third-order valence-electron chi connectivity index (χ3n) is 4.05. The van der Waals surface area contributed by atoms with Crippen LogP contribution in [0.3, 0.4) is 0 Å². The van der Waals surface area contributed by atoms with Crippen molar-refractivity contribution in [2.24, 2.45) is 0 Å². The van der Waals surface area contributed by atoms with Crippen LogP contribution in [-0.2, 0) is 6.42 Å². The summed E-state index contributed by atoms with van der Waals surface area (Å²) in [6.45, 7) is 5.53. The molecule has 2 rings (SSSR count). The maximum Gasteiger partial charge on any atom is 0.408 e. The molecule has 0 aliphatic rings. The molecule has 1 amide bonds. The first-order valence-electron chi connectivity index (χ1n) is 8.10. The van der Waals surface area contributed by atoms with E-state index in [2.05, 4.69) is 0 Å². The lowest BCUT2D eigenvalue weighted by Gasteiger charge is -2.42. The van der Waals surface area contributed by atoms with Gasteiger partial charge >= 0.3 is 6.09 Å². The Hall–Kier alpha value is -2.33. The number of amides is 1. The summed E-state index contributed by atoms with van der Waals surface area (Å²) in [5, 5.41) is 20.7. The van der Waals surface area contributed by atoms with E-state index in [1.807, 2.05) is 81.4 Å². The number of rotatable bonds is 5. The summed E-state index contributed by atoms with van der Waals surface area (Å²) in [6, 6.07) is 18.3. The van der Waals surface area contributed by atoms with Crippen LogP contribution in [0.4, 0.5) is 4.79 Å². The van der Waals surface area contributed by atoms with E-state index >= 15 is 0 Å². The smallest absolute Gasteiger partial charge is 0.408 e. The average Bonchev–Trinajstić information content (AvgIpc) is 2.53. The lowest BCUT2D eigenvalue weighted by atomic mass is 9.91. The molecule has 4 nitrogen and oxygen atoms in total. The lowest BCUT2D eigenvalue weighted by molar-refractivity contribution is 0.00643. The van der Waals surface area contributed by atoms with Crippen molar-refractivity contribution in [1.82, 2.24) is 4.90 Å². The van der Waals surface area contributed by atoms with Crippen LogP contribution >= 0.6 is 0 Å². The molecule has 2 atom stereocenters. The highest BCUT2D eigenvalue weighted by molar-refractivity contribution is 5.66. The van der Waals surface area contributed by atoms with Gasteiger partial charge in [0.2, 0.25) is 0 Å². The second-order valence-corrected chi connectivity index (χ2v) is 6.94. The molecule has 0 heterocycles. The second kappa shape index (κ2) is 7.49. The Morgan fingerprint density at radius 1 is 1.00 bits per heavy atom. The zero-order chi connectivity index (χ0) is 17.7. The molecule has 0 aliphatic heterocycles. The summed E-state index contributed by atoms with van der Waals surface area (Å²) < 4.78 is 0. The van der Waals surface area contributed by atoms with E-state index in [4.69, 9.17) is 0 Å². The molecule has 0 saturated carbocycles. The van der Waals surface area contributed by atoms with Gasteiger partial charge in [0.1, 0.15) is 0 Å². The number of hydrogen-bond acceptors (Lipinski definition) is 2. The Morgan fingerprint density at radius 2 is 1.50 bits per heavy atom. The van der Waals surface area contributed by atoms with Crippen LogP contribution in [0.1, 0.15) is 38.0 Å². The maximum absolute atomic E-state index is 11.9. The minimum Gasteiger partial charge on any atom is -0.465 e. The van der Waals surface area contributed by atoms with Gasteiger partial charge in [0, 0.05) is 5.54 Å². The Balaban J connectivity index is 2.42. The van der Waals surface area contributed by atoms with Gasteiger partial charge in [-0.2, -0.15) is 0 Å². The van der Waals surface area contributed by atoms with Gasteiger partial charge in [-0.3, -0.25) is 4.90 Å². The van der Waals surface area contributed by atoms with Crippen LogP contribution in [0.2, 0.25) is 0 Å². The first-order valence-corrected chi connectivity index (χ1v) is 8.10. The Labute approximate surface area is 143 Å². The van der Waals surface area contributed by atoms with Gasteiger partial charge in [0.05, 0.1) is 12.1 Å². The lowest BCUT2D eigenvalue weighted by Crippen LogP contribution is -2.54. The zero-order valence-corrected chi connectivity index (χ0v) is 14.4. The van der Waals surface area contributed by atoms with Crippen LogP contribution in [0.5, 0.6) is 0 Å². The molecule has 2 aromatic rings. The number of aliphatic hydroxyl groups excluding tert-OH is 1. The van der Waals surface area contributed by atoms with Crippen molar-refractivity contribution in [1.29, 1.82) is 0 Å². The minimum absolute atomic E-state index is 0.445. The summed E-state index contributed by atoms with van der Waals surface area (Å²) in [5.41, 5.74) is 1.09. The number of aliphatic hydroxyl groups is 1. The predicted molar refractivity (Wildman–Crippen MR) is 95.0 cm³/mol. The fourth-order valence-electron chi connectivity index (χ4n) is 3.00. The zero-order valence-electron chi connectivity index (χ0n) is 14.4. The molecule has 2 unspecified atom stereocenters. The molecule has 0 radical (unpaired) electrons. The minimum atomic E-state index is -1.03. The number of hydrogen-bond donors (Lipinski definition) is 2. The molecule has 2 aromatic carbocycles. The quantitative estimate of drug-likeness (QED) is 0.869. The number of carbonyl (C=O) groups is 1. The first-order chi connectivity index (χ1) is 11.3. The van der Waals surface area contributed by atoms with E-state index in [0.717, 1.165) is 5.56 Å². The largest absolute Gasteiger partial charge is 0.465 e. The van der Waals surface area contributed by atoms with Crippen molar-refractivity contribution in [2.75, 3.05) is 0 Å². The van der Waals surface area contributed by atoms with Gasteiger partial charge in [-0.05, 0) is 38.3 Å². The molecule has 0 aliphatic carbocycles. The fourth-order valence-corrected chi connectivity index (χ4v) is 3.00. The van der Waals surface area contributed by atoms with Crippen molar-refractivity contribution < 1.29 is 15.0 Å². The molecule has 0 saturated heterocycles. The molecular formula is C20H25NO3. The summed E-state index contributed by atoms with van der Waals surface area (Å²) in [7, 11) is 0. The predicted octanol–water partition coefficient (Wildman–Crippen LogP) is 4.11. The normalized spacial score (nSPS) is 14.0. The maximum atomic E-state index is 11.9. The van der Waals surface area contributed by atoms with Gasteiger partial charge in [-0.25, -0.2) is 4.79 Å². The molecular weight excluding hydrogens is 302 g/mol. The molecule has 128 valence electrons. The van der Waals surface area contributed by atoms with Crippen molar-refractivity contribution in [3.05, 3.63) is 71.8 Å². The summed E-state index contributed by atoms with van der Waals surface area (Å²) >= 11 is 0. The van der Waals surface area contributed by atoms with Crippen LogP contribution in [-0.4, -0.2) is 32.8 Å². The highest BCUT2D eigenvalue weighted by atomic mass is 16.4. The standard InChI is InChI=1S/C20H25NO3/c1-20(2,3)21(19(23)24)17(14-15-10-6-4-7-11-15)18(22)16-12-8-5-9-13-16/h4-13,17-18,22H,14H2,1-3H3,(H,23,24). The van der Waals surface area contributed by atoms with Crippen LogP contribution in [0.25, 0.3) is 0 Å². The van der Waals surface area contributed by atoms with E-state index in [1.54, 1.807) is 0 Å². The molecule has 4 heteroatoms. The molecule has 0 aromatic heterocycles. The highest BCUT2D eigenvalue weighted by Gasteiger charge is 2.37. The fraction of sp³-hybridized carbons (Fsp3) is 0.350. The second-order valence-electron chi connectivity index (χ2n) is 6.94. The van der Waals surface area contributed by atoms with Crippen molar-refractivity contribution >= 4 is 6.09 Å². The van der Waals surface area contributed by atoms with E-state index < -0.39 is 23.8 Å². The van der Waals surface area contributed by atoms with Crippen LogP contribution in [0, 0.1) is 0 Å². The van der Waals surface area contributed by atoms with Crippen LogP contribution < -0.4 is 0 Å². The average molecular weight is 327 g/mol. The van der Waals surface area contributed by atoms with Crippen molar-refractivity contribution in [3.8, 4) is 0 Å². The first kappa shape index (κ1) is 18.0. The molecule has 0 bridgehead atoms. The molecule has 0 fully saturated rings. The van der Waals surface area contributed by atoms with E-state index in [0.29, 0.717) is 12.0 Å². The van der Waals surface area contributed by atoms with Gasteiger partial charge in [-0.15, -0.1) is 0 Å². The van der Waals surface area contributed by atoms with E-state index in [9.17, 15) is 15.0 Å². The summed E-state index contributed by atoms with van der Waals surface area (Å²) in [4.78, 5) is 13.3. The summed E-state index contributed by atoms with van der Waals surface area (Å²) in [5.74, 6) is 0. The van der Waals surface area contributed by atoms with Gasteiger partial charge in [0.15, 0.2) is 0 Å². The number of nitrogens with zero attached hydrogens (tertiary/aromatic N) is 1. The van der Waals surface area contributed by atoms with Crippen LogP contribution in [0.15, 0.2) is 60.7 Å². The van der Waals surface area contributed by atoms with Gasteiger partial charge in [0.25, 0.3) is 0 Å². The Kier molecular flexibility index (Phi) is 5.62. The van der Waals surface area contributed by atoms with Gasteiger partial charge in [-0.1, -0.05) is 60.7 Å². The molecule has 0 spiro atoms. The van der Waals surface area contributed by atoms with Crippen molar-refractivity contribution in [2.45, 2.75) is 44.9 Å². The van der Waals surface area contributed by atoms with E-state index in [1.165, 1.54) is 4.90 Å². The topological polar surface area (TPSA) is 60.8 Å². The number of benzene rings is 2. The Morgan fingerprint density at radius 3 is 1.96 bits per heavy atom. The molecule has 2 N–H and O–H groups in total. The SMILES string of the molecule is CC(C)(C)N(C(=O)O)C(Cc1ccccc1)C(O)c1ccccc1. The highest BCUT2D eigenvalue weighted by Crippen LogP contribution is 2.29. The monoisotopic (exact) mass is 327 g/mol.